The molecule has 4 nitrogen and oxygen atoms in total. The first kappa shape index (κ1) is 13.9. The molecule has 0 bridgehead atoms. The molecule has 3 heterocycles. The highest BCUT2D eigenvalue weighted by molar-refractivity contribution is 8.00. The molecule has 1 fully saturated rings. The number of carbonyl (C=O) groups is 2. The van der Waals surface area contributed by atoms with Crippen LogP contribution in [0.2, 0.25) is 0 Å². The molecule has 1 unspecified atom stereocenters. The summed E-state index contributed by atoms with van der Waals surface area (Å²) in [7, 11) is 0. The first-order chi connectivity index (χ1) is 9.51. The molecular formula is C14H18N2O2S2. The third-order valence-electron chi connectivity index (χ3n) is 4.02. The van der Waals surface area contributed by atoms with E-state index in [0.717, 1.165) is 17.7 Å². The normalized spacial score (nSPS) is 25.0. The molecule has 1 atom stereocenters. The fourth-order valence-corrected chi connectivity index (χ4v) is 5.13. The zero-order valence-electron chi connectivity index (χ0n) is 11.6. The van der Waals surface area contributed by atoms with Gasteiger partial charge in [0.05, 0.1) is 0 Å². The molecule has 1 N–H and O–H groups in total. The largest absolute Gasteiger partial charge is 0.352 e. The van der Waals surface area contributed by atoms with Gasteiger partial charge >= 0.3 is 0 Å². The monoisotopic (exact) mass is 310 g/mol. The van der Waals surface area contributed by atoms with Gasteiger partial charge in [-0.2, -0.15) is 0 Å². The van der Waals surface area contributed by atoms with Crippen LogP contribution < -0.4 is 5.32 Å². The van der Waals surface area contributed by atoms with Crippen molar-refractivity contribution in [1.82, 2.24) is 10.2 Å². The summed E-state index contributed by atoms with van der Waals surface area (Å²) < 4.78 is 0. The number of thioether (sulfide) groups is 1. The lowest BCUT2D eigenvalue weighted by Crippen LogP contribution is -2.64. The number of thiophene rings is 1. The number of rotatable bonds is 1. The van der Waals surface area contributed by atoms with Crippen molar-refractivity contribution in [3.05, 3.63) is 21.9 Å². The highest BCUT2D eigenvalue weighted by Crippen LogP contribution is 2.41. The SMILES string of the molecule is CC1(C)C(=O)NCCN1C(=O)C1SCCc2sccc21. The van der Waals surface area contributed by atoms with Gasteiger partial charge in [0, 0.05) is 18.0 Å². The van der Waals surface area contributed by atoms with Crippen LogP contribution in [0.1, 0.15) is 29.5 Å². The zero-order chi connectivity index (χ0) is 14.3. The van der Waals surface area contributed by atoms with Crippen molar-refractivity contribution in [3.8, 4) is 0 Å². The molecule has 2 aliphatic rings. The Bertz CT molecular complexity index is 553. The van der Waals surface area contributed by atoms with E-state index in [4.69, 9.17) is 0 Å². The summed E-state index contributed by atoms with van der Waals surface area (Å²) in [5, 5.41) is 4.75. The Morgan fingerprint density at radius 3 is 3.10 bits per heavy atom. The summed E-state index contributed by atoms with van der Waals surface area (Å²) in [6, 6.07) is 2.06. The maximum atomic E-state index is 12.9. The lowest BCUT2D eigenvalue weighted by atomic mass is 9.97. The molecule has 3 rings (SSSR count). The number of hydrogen-bond donors (Lipinski definition) is 1. The Morgan fingerprint density at radius 1 is 1.50 bits per heavy atom. The summed E-state index contributed by atoms with van der Waals surface area (Å²) >= 11 is 3.43. The van der Waals surface area contributed by atoms with Gasteiger partial charge in [-0.15, -0.1) is 23.1 Å². The number of fused-ring (bicyclic) bond motifs is 1. The number of carbonyl (C=O) groups excluding carboxylic acids is 2. The number of nitrogens with one attached hydrogen (secondary N) is 1. The Kier molecular flexibility index (Phi) is 3.54. The number of aryl methyl sites for hydroxylation is 1. The molecule has 2 aliphatic heterocycles. The molecule has 1 aromatic rings. The predicted molar refractivity (Wildman–Crippen MR) is 82.0 cm³/mol. The van der Waals surface area contributed by atoms with E-state index in [0.29, 0.717) is 13.1 Å². The summed E-state index contributed by atoms with van der Waals surface area (Å²) in [5.74, 6) is 0.988. The fourth-order valence-electron chi connectivity index (χ4n) is 2.78. The van der Waals surface area contributed by atoms with Crippen molar-refractivity contribution >= 4 is 34.9 Å². The second-order valence-electron chi connectivity index (χ2n) is 5.60. The average molecular weight is 310 g/mol. The van der Waals surface area contributed by atoms with Crippen molar-refractivity contribution in [2.45, 2.75) is 31.1 Å². The van der Waals surface area contributed by atoms with E-state index in [2.05, 4.69) is 16.8 Å². The molecule has 2 amide bonds. The number of amides is 2. The molecule has 0 radical (unpaired) electrons. The first-order valence-electron chi connectivity index (χ1n) is 6.79. The lowest BCUT2D eigenvalue weighted by molar-refractivity contribution is -0.148. The van der Waals surface area contributed by atoms with Gasteiger partial charge in [0.15, 0.2) is 0 Å². The second kappa shape index (κ2) is 5.07. The van der Waals surface area contributed by atoms with E-state index in [-0.39, 0.29) is 17.1 Å². The van der Waals surface area contributed by atoms with Gasteiger partial charge < -0.3 is 10.2 Å². The number of nitrogens with zero attached hydrogens (tertiary/aromatic N) is 1. The van der Waals surface area contributed by atoms with Gasteiger partial charge in [-0.05, 0) is 43.0 Å². The quantitative estimate of drug-likeness (QED) is 0.861. The highest BCUT2D eigenvalue weighted by atomic mass is 32.2. The standard InChI is InChI=1S/C14H18N2O2S2/c1-14(2)13(18)15-5-6-16(14)12(17)11-9-3-7-19-10(9)4-8-20-11/h3,7,11H,4-6,8H2,1-2H3,(H,15,18). The van der Waals surface area contributed by atoms with Crippen LogP contribution in [0.3, 0.4) is 0 Å². The van der Waals surface area contributed by atoms with Crippen LogP contribution in [0.4, 0.5) is 0 Å². The fraction of sp³-hybridized carbons (Fsp3) is 0.571. The summed E-state index contributed by atoms with van der Waals surface area (Å²) in [6.07, 6.45) is 1.05. The lowest BCUT2D eigenvalue weighted by Gasteiger charge is -2.43. The first-order valence-corrected chi connectivity index (χ1v) is 8.72. The Labute approximate surface area is 126 Å². The van der Waals surface area contributed by atoms with Gasteiger partial charge in [-0.25, -0.2) is 0 Å². The smallest absolute Gasteiger partial charge is 0.245 e. The molecule has 6 heteroatoms. The molecule has 20 heavy (non-hydrogen) atoms. The topological polar surface area (TPSA) is 49.4 Å². The van der Waals surface area contributed by atoms with Crippen LogP contribution in [-0.4, -0.2) is 41.1 Å². The molecule has 1 aromatic heterocycles. The maximum absolute atomic E-state index is 12.9. The average Bonchev–Trinajstić information content (AvgIpc) is 2.89. The summed E-state index contributed by atoms with van der Waals surface area (Å²) in [4.78, 5) is 28.0. The van der Waals surface area contributed by atoms with Gasteiger partial charge in [0.2, 0.25) is 11.8 Å². The Morgan fingerprint density at radius 2 is 2.30 bits per heavy atom. The van der Waals surface area contributed by atoms with Crippen molar-refractivity contribution in [2.24, 2.45) is 0 Å². The van der Waals surface area contributed by atoms with Crippen LogP contribution >= 0.6 is 23.1 Å². The molecule has 0 aromatic carbocycles. The Hall–Kier alpha value is -1.01. The number of piperazine rings is 1. The van der Waals surface area contributed by atoms with Gasteiger partial charge in [-0.1, -0.05) is 0 Å². The molecule has 108 valence electrons. The second-order valence-corrected chi connectivity index (χ2v) is 7.82. The molecule has 0 spiro atoms. The van der Waals surface area contributed by atoms with Crippen LogP contribution in [-0.2, 0) is 16.0 Å². The van der Waals surface area contributed by atoms with E-state index >= 15 is 0 Å². The molecule has 1 saturated heterocycles. The third kappa shape index (κ3) is 2.15. The van der Waals surface area contributed by atoms with Crippen molar-refractivity contribution < 1.29 is 9.59 Å². The van der Waals surface area contributed by atoms with Crippen LogP contribution in [0, 0.1) is 0 Å². The minimum atomic E-state index is -0.760. The van der Waals surface area contributed by atoms with Gasteiger partial charge in [0.25, 0.3) is 0 Å². The minimum Gasteiger partial charge on any atom is -0.352 e. The third-order valence-corrected chi connectivity index (χ3v) is 6.24. The van der Waals surface area contributed by atoms with Crippen LogP contribution in [0.5, 0.6) is 0 Å². The minimum absolute atomic E-state index is 0.0662. The molecule has 0 saturated carbocycles. The van der Waals surface area contributed by atoms with Crippen molar-refractivity contribution in [2.75, 3.05) is 18.8 Å². The van der Waals surface area contributed by atoms with E-state index in [1.807, 2.05) is 13.8 Å². The highest BCUT2D eigenvalue weighted by Gasteiger charge is 2.43. The van der Waals surface area contributed by atoms with E-state index in [1.54, 1.807) is 28.0 Å². The maximum Gasteiger partial charge on any atom is 0.245 e. The molecular weight excluding hydrogens is 292 g/mol. The van der Waals surface area contributed by atoms with E-state index in [1.165, 1.54) is 4.88 Å². The number of hydrogen-bond acceptors (Lipinski definition) is 4. The van der Waals surface area contributed by atoms with Crippen LogP contribution in [0.15, 0.2) is 11.4 Å². The van der Waals surface area contributed by atoms with Crippen molar-refractivity contribution in [3.63, 3.8) is 0 Å². The van der Waals surface area contributed by atoms with Crippen LogP contribution in [0.25, 0.3) is 0 Å². The van der Waals surface area contributed by atoms with E-state index < -0.39 is 5.54 Å². The summed E-state index contributed by atoms with van der Waals surface area (Å²) in [5.41, 5.74) is 0.391. The molecule has 0 aliphatic carbocycles. The van der Waals surface area contributed by atoms with Gasteiger partial charge in [0.1, 0.15) is 10.8 Å². The van der Waals surface area contributed by atoms with E-state index in [9.17, 15) is 9.59 Å². The Balaban J connectivity index is 1.89. The zero-order valence-corrected chi connectivity index (χ0v) is 13.3. The van der Waals surface area contributed by atoms with Gasteiger partial charge in [-0.3, -0.25) is 9.59 Å². The summed E-state index contributed by atoms with van der Waals surface area (Å²) in [6.45, 7) is 4.78. The van der Waals surface area contributed by atoms with Crippen molar-refractivity contribution in [1.29, 1.82) is 0 Å². The predicted octanol–water partition coefficient (Wildman–Crippen LogP) is 1.82.